The summed E-state index contributed by atoms with van der Waals surface area (Å²) >= 11 is 0. The molecule has 3 nitrogen and oxygen atoms in total. The van der Waals surface area contributed by atoms with Crippen LogP contribution in [0.5, 0.6) is 0 Å². The van der Waals surface area contributed by atoms with Crippen molar-refractivity contribution in [2.24, 2.45) is 5.73 Å². The highest BCUT2D eigenvalue weighted by atomic mass is 16.5. The molecule has 2 rings (SSSR count). The summed E-state index contributed by atoms with van der Waals surface area (Å²) in [4.78, 5) is 4.33. The molecule has 2 N–H and O–H groups in total. The molecule has 0 fully saturated rings. The van der Waals surface area contributed by atoms with E-state index >= 15 is 0 Å². The van der Waals surface area contributed by atoms with Gasteiger partial charge in [0.1, 0.15) is 5.76 Å². The molecule has 1 aromatic rings. The van der Waals surface area contributed by atoms with Gasteiger partial charge in [0.15, 0.2) is 0 Å². The third-order valence-electron chi connectivity index (χ3n) is 2.50. The third-order valence-corrected chi connectivity index (χ3v) is 2.50. The lowest BCUT2D eigenvalue weighted by atomic mass is 10.1. The van der Waals surface area contributed by atoms with Crippen molar-refractivity contribution in [2.45, 2.75) is 26.3 Å². The first-order valence-corrected chi connectivity index (χ1v) is 5.20. The smallest absolute Gasteiger partial charge is 0.113 e. The van der Waals surface area contributed by atoms with Crippen LogP contribution in [0.25, 0.3) is 0 Å². The van der Waals surface area contributed by atoms with Gasteiger partial charge in [-0.05, 0) is 37.6 Å². The summed E-state index contributed by atoms with van der Waals surface area (Å²) in [7, 11) is 0. The molecular formula is C12H16N2O. The van der Waals surface area contributed by atoms with Crippen LogP contribution in [0.1, 0.15) is 29.4 Å². The van der Waals surface area contributed by atoms with Crippen LogP contribution in [0.2, 0.25) is 0 Å². The third kappa shape index (κ3) is 2.18. The molecule has 0 saturated heterocycles. The SMILES string of the molecule is Cc1cc(C(N)C2=CCCO2)cc(C)n1. The second-order valence-corrected chi connectivity index (χ2v) is 3.90. The summed E-state index contributed by atoms with van der Waals surface area (Å²) in [5.74, 6) is 0.889. The number of rotatable bonds is 2. The van der Waals surface area contributed by atoms with Crippen LogP contribution in [0.3, 0.4) is 0 Å². The summed E-state index contributed by atoms with van der Waals surface area (Å²) in [6, 6.07) is 3.88. The fourth-order valence-corrected chi connectivity index (χ4v) is 1.86. The molecule has 0 saturated carbocycles. The van der Waals surface area contributed by atoms with Gasteiger partial charge in [-0.15, -0.1) is 0 Å². The van der Waals surface area contributed by atoms with E-state index in [1.54, 1.807) is 0 Å². The Labute approximate surface area is 90.0 Å². The van der Waals surface area contributed by atoms with E-state index in [4.69, 9.17) is 10.5 Å². The van der Waals surface area contributed by atoms with Crippen LogP contribution < -0.4 is 5.73 Å². The van der Waals surface area contributed by atoms with E-state index in [2.05, 4.69) is 11.1 Å². The van der Waals surface area contributed by atoms with Crippen LogP contribution in [0.15, 0.2) is 24.0 Å². The summed E-state index contributed by atoms with van der Waals surface area (Å²) in [5, 5.41) is 0. The van der Waals surface area contributed by atoms with Gasteiger partial charge in [-0.25, -0.2) is 0 Å². The van der Waals surface area contributed by atoms with Crippen LogP contribution in [-0.2, 0) is 4.74 Å². The van der Waals surface area contributed by atoms with Gasteiger partial charge in [0.05, 0.1) is 12.6 Å². The number of nitrogens with two attached hydrogens (primary N) is 1. The Hall–Kier alpha value is -1.35. The second kappa shape index (κ2) is 4.03. The maximum Gasteiger partial charge on any atom is 0.113 e. The van der Waals surface area contributed by atoms with Crippen molar-refractivity contribution >= 4 is 0 Å². The number of aromatic nitrogens is 1. The van der Waals surface area contributed by atoms with E-state index in [9.17, 15) is 0 Å². The molecule has 0 aliphatic carbocycles. The lowest BCUT2D eigenvalue weighted by Gasteiger charge is -2.14. The van der Waals surface area contributed by atoms with E-state index < -0.39 is 0 Å². The molecule has 0 spiro atoms. The van der Waals surface area contributed by atoms with E-state index in [1.165, 1.54) is 0 Å². The fraction of sp³-hybridized carbons (Fsp3) is 0.417. The van der Waals surface area contributed by atoms with Crippen molar-refractivity contribution in [3.8, 4) is 0 Å². The second-order valence-electron chi connectivity index (χ2n) is 3.90. The van der Waals surface area contributed by atoms with E-state index in [0.717, 1.165) is 35.7 Å². The Kier molecular flexibility index (Phi) is 2.73. The molecule has 15 heavy (non-hydrogen) atoms. The van der Waals surface area contributed by atoms with Gasteiger partial charge in [-0.1, -0.05) is 0 Å². The molecule has 1 aliphatic heterocycles. The zero-order valence-electron chi connectivity index (χ0n) is 9.16. The highest BCUT2D eigenvalue weighted by Crippen LogP contribution is 2.24. The number of aryl methyl sites for hydroxylation is 2. The normalized spacial score (nSPS) is 17.1. The first-order valence-electron chi connectivity index (χ1n) is 5.20. The van der Waals surface area contributed by atoms with Gasteiger partial charge in [0, 0.05) is 17.8 Å². The number of hydrogen-bond acceptors (Lipinski definition) is 3. The molecule has 80 valence electrons. The van der Waals surface area contributed by atoms with E-state index in [-0.39, 0.29) is 6.04 Å². The highest BCUT2D eigenvalue weighted by molar-refractivity contribution is 5.29. The largest absolute Gasteiger partial charge is 0.496 e. The molecule has 0 amide bonds. The first-order chi connectivity index (χ1) is 7.16. The Balaban J connectivity index is 2.28. The summed E-state index contributed by atoms with van der Waals surface area (Å²) < 4.78 is 5.46. The lowest BCUT2D eigenvalue weighted by molar-refractivity contribution is 0.225. The topological polar surface area (TPSA) is 48.1 Å². The number of pyridine rings is 1. The van der Waals surface area contributed by atoms with Gasteiger partial charge in [0.25, 0.3) is 0 Å². The quantitative estimate of drug-likeness (QED) is 0.801. The van der Waals surface area contributed by atoms with Gasteiger partial charge in [0.2, 0.25) is 0 Å². The predicted octanol–water partition coefficient (Wildman–Crippen LogP) is 2.00. The van der Waals surface area contributed by atoms with E-state index in [0.29, 0.717) is 0 Å². The monoisotopic (exact) mass is 204 g/mol. The average molecular weight is 204 g/mol. The molecular weight excluding hydrogens is 188 g/mol. The summed E-state index contributed by atoms with van der Waals surface area (Å²) in [6.07, 6.45) is 3.03. The standard InChI is InChI=1S/C12H16N2O/c1-8-6-10(7-9(2)14-8)12(13)11-4-3-5-15-11/h4,6-7,12H,3,5,13H2,1-2H3. The van der Waals surface area contributed by atoms with Crippen molar-refractivity contribution < 1.29 is 4.74 Å². The maximum absolute atomic E-state index is 6.12. The highest BCUT2D eigenvalue weighted by Gasteiger charge is 2.17. The van der Waals surface area contributed by atoms with Gasteiger partial charge in [-0.3, -0.25) is 4.98 Å². The van der Waals surface area contributed by atoms with Crippen LogP contribution in [-0.4, -0.2) is 11.6 Å². The van der Waals surface area contributed by atoms with Crippen molar-refractivity contribution in [2.75, 3.05) is 6.61 Å². The Morgan fingerprint density at radius 1 is 1.33 bits per heavy atom. The van der Waals surface area contributed by atoms with Crippen LogP contribution in [0, 0.1) is 13.8 Å². The van der Waals surface area contributed by atoms with Crippen molar-refractivity contribution in [3.63, 3.8) is 0 Å². The summed E-state index contributed by atoms with van der Waals surface area (Å²) in [6.45, 7) is 4.71. The Bertz CT molecular complexity index is 378. The molecule has 1 aliphatic rings. The zero-order valence-corrected chi connectivity index (χ0v) is 9.16. The van der Waals surface area contributed by atoms with Crippen molar-refractivity contribution in [1.82, 2.24) is 4.98 Å². The maximum atomic E-state index is 6.12. The van der Waals surface area contributed by atoms with E-state index in [1.807, 2.05) is 26.0 Å². The number of nitrogens with zero attached hydrogens (tertiary/aromatic N) is 1. The Morgan fingerprint density at radius 2 is 2.00 bits per heavy atom. The van der Waals surface area contributed by atoms with Crippen LogP contribution >= 0.6 is 0 Å². The predicted molar refractivity (Wildman–Crippen MR) is 59.3 cm³/mol. The molecule has 3 heteroatoms. The molecule has 0 bridgehead atoms. The average Bonchev–Trinajstić information content (AvgIpc) is 2.67. The minimum absolute atomic E-state index is 0.145. The van der Waals surface area contributed by atoms with Gasteiger partial charge < -0.3 is 10.5 Å². The summed E-state index contributed by atoms with van der Waals surface area (Å²) in [5.41, 5.74) is 9.19. The minimum atomic E-state index is -0.145. The molecule has 1 aromatic heterocycles. The Morgan fingerprint density at radius 3 is 2.53 bits per heavy atom. The lowest BCUT2D eigenvalue weighted by Crippen LogP contribution is -2.14. The van der Waals surface area contributed by atoms with Crippen molar-refractivity contribution in [1.29, 1.82) is 0 Å². The zero-order chi connectivity index (χ0) is 10.8. The number of hydrogen-bond donors (Lipinski definition) is 1. The first kappa shape index (κ1) is 10.2. The molecule has 0 aromatic carbocycles. The number of ether oxygens (including phenoxy) is 1. The molecule has 2 heterocycles. The molecule has 1 atom stereocenters. The van der Waals surface area contributed by atoms with Gasteiger partial charge in [-0.2, -0.15) is 0 Å². The van der Waals surface area contributed by atoms with Crippen molar-refractivity contribution in [3.05, 3.63) is 40.9 Å². The molecule has 1 unspecified atom stereocenters. The molecule has 0 radical (unpaired) electrons. The van der Waals surface area contributed by atoms with Crippen LogP contribution in [0.4, 0.5) is 0 Å². The fourth-order valence-electron chi connectivity index (χ4n) is 1.86. The van der Waals surface area contributed by atoms with Gasteiger partial charge >= 0.3 is 0 Å². The minimum Gasteiger partial charge on any atom is -0.496 e.